The number of carbonyl (C=O) groups excluding carboxylic acids is 2. The summed E-state index contributed by atoms with van der Waals surface area (Å²) in [6, 6.07) is 0.148. The van der Waals surface area contributed by atoms with Gasteiger partial charge < -0.3 is 14.5 Å². The molecule has 5 nitrogen and oxygen atoms in total. The molecule has 2 rings (SSSR count). The molecule has 2 fully saturated rings. The van der Waals surface area contributed by atoms with Gasteiger partial charge >= 0.3 is 12.0 Å². The van der Waals surface area contributed by atoms with Crippen molar-refractivity contribution >= 4 is 12.0 Å². The molecule has 2 saturated heterocycles. The number of nitrogens with zero attached hydrogens (tertiary/aromatic N) is 2. The fourth-order valence-corrected chi connectivity index (χ4v) is 2.68. The zero-order chi connectivity index (χ0) is 13.0. The quantitative estimate of drug-likeness (QED) is 0.701. The Balaban J connectivity index is 1.79. The summed E-state index contributed by atoms with van der Waals surface area (Å²) in [6.45, 7) is 5.39. The molecule has 0 atom stereocenters. The van der Waals surface area contributed by atoms with Gasteiger partial charge in [0.05, 0.1) is 12.5 Å². The van der Waals surface area contributed by atoms with E-state index in [1.165, 1.54) is 0 Å². The van der Waals surface area contributed by atoms with Crippen LogP contribution in [0.15, 0.2) is 0 Å². The second kappa shape index (κ2) is 6.07. The van der Waals surface area contributed by atoms with E-state index in [1.54, 1.807) is 0 Å². The molecular weight excluding hydrogens is 232 g/mol. The first-order chi connectivity index (χ1) is 8.72. The average Bonchev–Trinajstić information content (AvgIpc) is 2.92. The number of piperidine rings is 1. The predicted octanol–water partition coefficient (Wildman–Crippen LogP) is 1.48. The van der Waals surface area contributed by atoms with Gasteiger partial charge in [0, 0.05) is 26.2 Å². The Morgan fingerprint density at radius 2 is 1.61 bits per heavy atom. The highest BCUT2D eigenvalue weighted by molar-refractivity contribution is 5.76. The van der Waals surface area contributed by atoms with Crippen molar-refractivity contribution in [1.82, 2.24) is 9.80 Å². The van der Waals surface area contributed by atoms with E-state index in [-0.39, 0.29) is 17.9 Å². The number of hydrogen-bond acceptors (Lipinski definition) is 3. The molecule has 0 saturated carbocycles. The van der Waals surface area contributed by atoms with Crippen LogP contribution in [0, 0.1) is 5.92 Å². The van der Waals surface area contributed by atoms with Gasteiger partial charge in [-0.25, -0.2) is 4.79 Å². The van der Waals surface area contributed by atoms with E-state index in [4.69, 9.17) is 4.74 Å². The highest BCUT2D eigenvalue weighted by Gasteiger charge is 2.30. The zero-order valence-electron chi connectivity index (χ0n) is 11.1. The molecule has 0 unspecified atom stereocenters. The number of esters is 1. The molecule has 0 aliphatic carbocycles. The summed E-state index contributed by atoms with van der Waals surface area (Å²) in [4.78, 5) is 27.5. The van der Waals surface area contributed by atoms with Crippen LogP contribution in [-0.4, -0.2) is 54.6 Å². The number of hydrogen-bond donors (Lipinski definition) is 0. The predicted molar refractivity (Wildman–Crippen MR) is 67.1 cm³/mol. The maximum atomic E-state index is 12.1. The fourth-order valence-electron chi connectivity index (χ4n) is 2.68. The Morgan fingerprint density at radius 3 is 2.17 bits per heavy atom. The van der Waals surface area contributed by atoms with Gasteiger partial charge in [0.25, 0.3) is 0 Å². The molecule has 2 aliphatic rings. The van der Waals surface area contributed by atoms with Crippen molar-refractivity contribution in [2.75, 3.05) is 32.8 Å². The minimum Gasteiger partial charge on any atom is -0.466 e. The molecule has 0 bridgehead atoms. The summed E-state index contributed by atoms with van der Waals surface area (Å²) >= 11 is 0. The first-order valence-corrected chi connectivity index (χ1v) is 6.93. The standard InChI is InChI=1S/C13H22N2O3/c1-2-18-12(16)11-5-9-15(10-6-11)13(17)14-7-3-4-8-14/h11H,2-10H2,1H3. The number of carbonyl (C=O) groups is 2. The van der Waals surface area contributed by atoms with E-state index in [1.807, 2.05) is 16.7 Å². The van der Waals surface area contributed by atoms with Crippen molar-refractivity contribution in [2.45, 2.75) is 32.6 Å². The molecule has 0 spiro atoms. The number of amides is 2. The van der Waals surface area contributed by atoms with Gasteiger partial charge in [0.15, 0.2) is 0 Å². The maximum absolute atomic E-state index is 12.1. The van der Waals surface area contributed by atoms with E-state index in [0.29, 0.717) is 19.7 Å². The number of ether oxygens (including phenoxy) is 1. The van der Waals surface area contributed by atoms with E-state index in [2.05, 4.69) is 0 Å². The topological polar surface area (TPSA) is 49.9 Å². The van der Waals surface area contributed by atoms with Gasteiger partial charge in [0.1, 0.15) is 0 Å². The second-order valence-corrected chi connectivity index (χ2v) is 4.99. The van der Waals surface area contributed by atoms with E-state index in [0.717, 1.165) is 38.8 Å². The Morgan fingerprint density at radius 1 is 1.06 bits per heavy atom. The molecule has 5 heteroatoms. The van der Waals surface area contributed by atoms with E-state index in [9.17, 15) is 9.59 Å². The smallest absolute Gasteiger partial charge is 0.319 e. The van der Waals surface area contributed by atoms with Crippen LogP contribution in [0.3, 0.4) is 0 Å². The maximum Gasteiger partial charge on any atom is 0.319 e. The lowest BCUT2D eigenvalue weighted by Gasteiger charge is -2.33. The third kappa shape index (κ3) is 2.94. The van der Waals surface area contributed by atoms with Crippen LogP contribution in [0.1, 0.15) is 32.6 Å². The Labute approximate surface area is 108 Å². The Bertz CT molecular complexity index is 305. The molecule has 0 aromatic carbocycles. The minimum atomic E-state index is -0.106. The zero-order valence-corrected chi connectivity index (χ0v) is 11.1. The van der Waals surface area contributed by atoms with Crippen molar-refractivity contribution in [3.8, 4) is 0 Å². The monoisotopic (exact) mass is 254 g/mol. The summed E-state index contributed by atoms with van der Waals surface area (Å²) in [5.74, 6) is -0.127. The lowest BCUT2D eigenvalue weighted by molar-refractivity contribution is -0.149. The molecule has 0 aromatic heterocycles. The second-order valence-electron chi connectivity index (χ2n) is 4.99. The lowest BCUT2D eigenvalue weighted by Crippen LogP contribution is -2.46. The third-order valence-corrected chi connectivity index (χ3v) is 3.76. The van der Waals surface area contributed by atoms with Crippen molar-refractivity contribution in [1.29, 1.82) is 0 Å². The van der Waals surface area contributed by atoms with Crippen LogP contribution in [0.5, 0.6) is 0 Å². The van der Waals surface area contributed by atoms with Crippen molar-refractivity contribution in [2.24, 2.45) is 5.92 Å². The normalized spacial score (nSPS) is 21.2. The molecule has 18 heavy (non-hydrogen) atoms. The minimum absolute atomic E-state index is 0.0208. The fraction of sp³-hybridized carbons (Fsp3) is 0.846. The van der Waals surface area contributed by atoms with Crippen LogP contribution >= 0.6 is 0 Å². The highest BCUT2D eigenvalue weighted by Crippen LogP contribution is 2.21. The highest BCUT2D eigenvalue weighted by atomic mass is 16.5. The van der Waals surface area contributed by atoms with Crippen molar-refractivity contribution in [3.05, 3.63) is 0 Å². The van der Waals surface area contributed by atoms with Gasteiger partial charge in [-0.15, -0.1) is 0 Å². The van der Waals surface area contributed by atoms with Crippen molar-refractivity contribution in [3.63, 3.8) is 0 Å². The van der Waals surface area contributed by atoms with Gasteiger partial charge in [-0.2, -0.15) is 0 Å². The molecule has 0 N–H and O–H groups in total. The van der Waals surface area contributed by atoms with Crippen LogP contribution in [0.4, 0.5) is 4.79 Å². The SMILES string of the molecule is CCOC(=O)C1CCN(C(=O)N2CCCC2)CC1. The first kappa shape index (κ1) is 13.2. The van der Waals surface area contributed by atoms with Crippen LogP contribution in [0.2, 0.25) is 0 Å². The van der Waals surface area contributed by atoms with Crippen molar-refractivity contribution < 1.29 is 14.3 Å². The van der Waals surface area contributed by atoms with Gasteiger partial charge in [-0.1, -0.05) is 0 Å². The van der Waals surface area contributed by atoms with Gasteiger partial charge in [0.2, 0.25) is 0 Å². The van der Waals surface area contributed by atoms with Gasteiger partial charge in [-0.05, 0) is 32.6 Å². The molecular formula is C13H22N2O3. The van der Waals surface area contributed by atoms with E-state index < -0.39 is 0 Å². The third-order valence-electron chi connectivity index (χ3n) is 3.76. The molecule has 0 radical (unpaired) electrons. The van der Waals surface area contributed by atoms with E-state index >= 15 is 0 Å². The average molecular weight is 254 g/mol. The summed E-state index contributed by atoms with van der Waals surface area (Å²) in [6.07, 6.45) is 3.70. The molecule has 102 valence electrons. The summed E-state index contributed by atoms with van der Waals surface area (Å²) in [5, 5.41) is 0. The summed E-state index contributed by atoms with van der Waals surface area (Å²) < 4.78 is 5.02. The van der Waals surface area contributed by atoms with Crippen LogP contribution < -0.4 is 0 Å². The van der Waals surface area contributed by atoms with Crippen LogP contribution in [0.25, 0.3) is 0 Å². The van der Waals surface area contributed by atoms with Crippen LogP contribution in [-0.2, 0) is 9.53 Å². The number of likely N-dealkylation sites (tertiary alicyclic amines) is 2. The number of rotatable bonds is 2. The Hall–Kier alpha value is -1.26. The first-order valence-electron chi connectivity index (χ1n) is 6.93. The molecule has 0 aromatic rings. The molecule has 2 aliphatic heterocycles. The largest absolute Gasteiger partial charge is 0.466 e. The van der Waals surface area contributed by atoms with Gasteiger partial charge in [-0.3, -0.25) is 4.79 Å². The number of urea groups is 1. The summed E-state index contributed by atoms with van der Waals surface area (Å²) in [5.41, 5.74) is 0. The Kier molecular flexibility index (Phi) is 4.44. The molecule has 2 heterocycles. The molecule has 2 amide bonds. The lowest BCUT2D eigenvalue weighted by atomic mass is 9.97. The summed E-state index contributed by atoms with van der Waals surface area (Å²) in [7, 11) is 0.